The SMILES string of the molecule is Cc1ccc(NC(=O)CSc2ccccc2C(=O)OC(C)C(=O)N2CCCC2)cc1. The van der Waals surface area contributed by atoms with E-state index >= 15 is 0 Å². The van der Waals surface area contributed by atoms with Crippen LogP contribution in [0.3, 0.4) is 0 Å². The summed E-state index contributed by atoms with van der Waals surface area (Å²) in [7, 11) is 0. The minimum atomic E-state index is -0.835. The van der Waals surface area contributed by atoms with Gasteiger partial charge in [0, 0.05) is 23.7 Å². The number of nitrogens with zero attached hydrogens (tertiary/aromatic N) is 1. The Labute approximate surface area is 181 Å². The van der Waals surface area contributed by atoms with Crippen molar-refractivity contribution < 1.29 is 19.1 Å². The van der Waals surface area contributed by atoms with Crippen molar-refractivity contribution in [3.05, 3.63) is 59.7 Å². The normalized spacial score (nSPS) is 14.3. The molecule has 7 heteroatoms. The first-order valence-electron chi connectivity index (χ1n) is 10.0. The lowest BCUT2D eigenvalue weighted by Crippen LogP contribution is -2.38. The van der Waals surface area contributed by atoms with E-state index in [1.807, 2.05) is 31.2 Å². The number of amides is 2. The van der Waals surface area contributed by atoms with Crippen LogP contribution in [0.5, 0.6) is 0 Å². The van der Waals surface area contributed by atoms with Crippen LogP contribution in [0.4, 0.5) is 5.69 Å². The molecule has 0 saturated carbocycles. The number of benzene rings is 2. The highest BCUT2D eigenvalue weighted by atomic mass is 32.2. The minimum Gasteiger partial charge on any atom is -0.449 e. The van der Waals surface area contributed by atoms with Crippen molar-refractivity contribution in [2.75, 3.05) is 24.2 Å². The summed E-state index contributed by atoms with van der Waals surface area (Å²) in [5.41, 5.74) is 2.20. The summed E-state index contributed by atoms with van der Waals surface area (Å²) in [5, 5.41) is 2.84. The smallest absolute Gasteiger partial charge is 0.340 e. The van der Waals surface area contributed by atoms with E-state index in [0.717, 1.165) is 24.1 Å². The molecule has 0 bridgehead atoms. The number of hydrogen-bond acceptors (Lipinski definition) is 5. The van der Waals surface area contributed by atoms with E-state index in [4.69, 9.17) is 4.74 Å². The van der Waals surface area contributed by atoms with Gasteiger partial charge in [0.05, 0.1) is 11.3 Å². The molecule has 1 atom stereocenters. The van der Waals surface area contributed by atoms with Crippen molar-refractivity contribution in [2.24, 2.45) is 0 Å². The van der Waals surface area contributed by atoms with Gasteiger partial charge >= 0.3 is 5.97 Å². The molecule has 1 aliphatic rings. The topological polar surface area (TPSA) is 75.7 Å². The number of carbonyl (C=O) groups is 3. The van der Waals surface area contributed by atoms with Crippen molar-refractivity contribution >= 4 is 35.2 Å². The maximum atomic E-state index is 12.7. The van der Waals surface area contributed by atoms with Crippen molar-refractivity contribution in [1.29, 1.82) is 0 Å². The first-order valence-corrected chi connectivity index (χ1v) is 11.0. The highest BCUT2D eigenvalue weighted by Gasteiger charge is 2.27. The Morgan fingerprint density at radius 1 is 1.07 bits per heavy atom. The van der Waals surface area contributed by atoms with E-state index < -0.39 is 12.1 Å². The maximum absolute atomic E-state index is 12.7. The molecule has 1 N–H and O–H groups in total. The summed E-state index contributed by atoms with van der Waals surface area (Å²) in [6.07, 6.45) is 1.13. The third-order valence-electron chi connectivity index (χ3n) is 4.85. The Morgan fingerprint density at radius 3 is 2.43 bits per heavy atom. The molecule has 0 aliphatic carbocycles. The number of nitrogens with one attached hydrogen (secondary N) is 1. The van der Waals surface area contributed by atoms with Crippen molar-refractivity contribution in [1.82, 2.24) is 4.90 Å². The van der Waals surface area contributed by atoms with Gasteiger partial charge in [-0.3, -0.25) is 9.59 Å². The fraction of sp³-hybridized carbons (Fsp3) is 0.348. The van der Waals surface area contributed by atoms with Gasteiger partial charge < -0.3 is 15.0 Å². The zero-order valence-corrected chi connectivity index (χ0v) is 18.0. The molecule has 0 spiro atoms. The van der Waals surface area contributed by atoms with Crippen molar-refractivity contribution in [3.8, 4) is 0 Å². The van der Waals surface area contributed by atoms with Gasteiger partial charge in [-0.25, -0.2) is 4.79 Å². The highest BCUT2D eigenvalue weighted by Crippen LogP contribution is 2.24. The van der Waals surface area contributed by atoms with Gasteiger partial charge in [0.25, 0.3) is 5.91 Å². The van der Waals surface area contributed by atoms with Crippen molar-refractivity contribution in [3.63, 3.8) is 0 Å². The van der Waals surface area contributed by atoms with E-state index in [-0.39, 0.29) is 17.6 Å². The second-order valence-electron chi connectivity index (χ2n) is 7.28. The molecule has 6 nitrogen and oxygen atoms in total. The van der Waals surface area contributed by atoms with Crippen LogP contribution in [0.25, 0.3) is 0 Å². The number of ether oxygens (including phenoxy) is 1. The van der Waals surface area contributed by atoms with Gasteiger partial charge in [-0.2, -0.15) is 0 Å². The number of likely N-dealkylation sites (tertiary alicyclic amines) is 1. The Bertz CT molecular complexity index is 908. The molecular weight excluding hydrogens is 400 g/mol. The zero-order valence-electron chi connectivity index (χ0n) is 17.2. The summed E-state index contributed by atoms with van der Waals surface area (Å²) < 4.78 is 5.42. The van der Waals surface area contributed by atoms with Crippen LogP contribution in [0.1, 0.15) is 35.7 Å². The highest BCUT2D eigenvalue weighted by molar-refractivity contribution is 8.00. The Balaban J connectivity index is 1.57. The number of esters is 1. The molecular formula is C23H26N2O4S. The van der Waals surface area contributed by atoms with Gasteiger partial charge in [0.15, 0.2) is 6.10 Å². The largest absolute Gasteiger partial charge is 0.449 e. The van der Waals surface area contributed by atoms with Crippen LogP contribution in [-0.4, -0.2) is 47.6 Å². The molecule has 1 saturated heterocycles. The molecule has 1 heterocycles. The Kier molecular flexibility index (Phi) is 7.52. The van der Waals surface area contributed by atoms with E-state index in [1.165, 1.54) is 11.8 Å². The molecule has 2 aromatic rings. The van der Waals surface area contributed by atoms with E-state index in [0.29, 0.717) is 23.5 Å². The standard InChI is InChI=1S/C23H26N2O4S/c1-16-9-11-18(12-10-16)24-21(26)15-30-20-8-4-3-7-19(20)23(28)29-17(2)22(27)25-13-5-6-14-25/h3-4,7-12,17H,5-6,13-15H2,1-2H3,(H,24,26). The lowest BCUT2D eigenvalue weighted by molar-refractivity contribution is -0.138. The van der Waals surface area contributed by atoms with Gasteiger partial charge in [-0.15, -0.1) is 11.8 Å². The molecule has 1 aliphatic heterocycles. The first kappa shape index (κ1) is 21.9. The number of hydrogen-bond donors (Lipinski definition) is 1. The lowest BCUT2D eigenvalue weighted by Gasteiger charge is -2.20. The number of carbonyl (C=O) groups excluding carboxylic acids is 3. The van der Waals surface area contributed by atoms with Crippen LogP contribution >= 0.6 is 11.8 Å². The molecule has 0 radical (unpaired) electrons. The molecule has 2 aromatic carbocycles. The summed E-state index contributed by atoms with van der Waals surface area (Å²) >= 11 is 1.26. The molecule has 2 amide bonds. The summed E-state index contributed by atoms with van der Waals surface area (Å²) in [6.45, 7) is 5.01. The minimum absolute atomic E-state index is 0.153. The van der Waals surface area contributed by atoms with Crippen LogP contribution in [0.2, 0.25) is 0 Å². The molecule has 0 aromatic heterocycles. The van der Waals surface area contributed by atoms with Crippen LogP contribution < -0.4 is 5.32 Å². The monoisotopic (exact) mass is 426 g/mol. The lowest BCUT2D eigenvalue weighted by atomic mass is 10.2. The van der Waals surface area contributed by atoms with Gasteiger partial charge in [0.2, 0.25) is 5.91 Å². The number of rotatable bonds is 7. The predicted octanol–water partition coefficient (Wildman–Crippen LogP) is 3.89. The van der Waals surface area contributed by atoms with E-state index in [1.54, 1.807) is 36.1 Å². The molecule has 1 fully saturated rings. The van der Waals surface area contributed by atoms with Crippen LogP contribution in [-0.2, 0) is 14.3 Å². The summed E-state index contributed by atoms with van der Waals surface area (Å²) in [4.78, 5) is 39.7. The average Bonchev–Trinajstić information content (AvgIpc) is 3.28. The van der Waals surface area contributed by atoms with Gasteiger partial charge in [-0.1, -0.05) is 29.8 Å². The van der Waals surface area contributed by atoms with Crippen molar-refractivity contribution in [2.45, 2.75) is 37.7 Å². The van der Waals surface area contributed by atoms with Gasteiger partial charge in [0.1, 0.15) is 0 Å². The molecule has 30 heavy (non-hydrogen) atoms. The number of anilines is 1. The third-order valence-corrected chi connectivity index (χ3v) is 5.92. The fourth-order valence-electron chi connectivity index (χ4n) is 3.21. The Morgan fingerprint density at radius 2 is 1.73 bits per heavy atom. The first-order chi connectivity index (χ1) is 14.4. The molecule has 158 valence electrons. The van der Waals surface area contributed by atoms with Crippen LogP contribution in [0.15, 0.2) is 53.4 Å². The summed E-state index contributed by atoms with van der Waals surface area (Å²) in [5.74, 6) is -0.731. The van der Waals surface area contributed by atoms with Crippen LogP contribution in [0, 0.1) is 6.92 Å². The van der Waals surface area contributed by atoms with E-state index in [9.17, 15) is 14.4 Å². The zero-order chi connectivity index (χ0) is 21.5. The van der Waals surface area contributed by atoms with Gasteiger partial charge in [-0.05, 0) is 51.0 Å². The number of thioether (sulfide) groups is 1. The third kappa shape index (κ3) is 5.86. The number of aryl methyl sites for hydroxylation is 1. The maximum Gasteiger partial charge on any atom is 0.340 e. The quantitative estimate of drug-likeness (QED) is 0.537. The Hall–Kier alpha value is -2.80. The van der Waals surface area contributed by atoms with E-state index in [2.05, 4.69) is 5.32 Å². The fourth-order valence-corrected chi connectivity index (χ4v) is 4.05. The average molecular weight is 427 g/mol. The molecule has 3 rings (SSSR count). The summed E-state index contributed by atoms with van der Waals surface area (Å²) in [6, 6.07) is 14.5. The second kappa shape index (κ2) is 10.3. The molecule has 1 unspecified atom stereocenters. The predicted molar refractivity (Wildman–Crippen MR) is 118 cm³/mol. The second-order valence-corrected chi connectivity index (χ2v) is 8.30.